The van der Waals surface area contributed by atoms with Crippen molar-refractivity contribution in [2.45, 2.75) is 38.9 Å². The van der Waals surface area contributed by atoms with Gasteiger partial charge >= 0.3 is 0 Å². The molecule has 0 heterocycles. The van der Waals surface area contributed by atoms with Crippen molar-refractivity contribution in [2.24, 2.45) is 0 Å². The highest BCUT2D eigenvalue weighted by molar-refractivity contribution is 6.74. The SMILES string of the molecule is CC(C)(C)[Si](C)(C)Oc1ccc2cc(/C=C/c3ccc4ccccc4c3)ccc2c1. The molecule has 1 nitrogen and oxygen atoms in total. The molecule has 0 unspecified atom stereocenters. The molecule has 152 valence electrons. The Bertz CT molecular complexity index is 1230. The van der Waals surface area contributed by atoms with E-state index in [4.69, 9.17) is 4.43 Å². The summed E-state index contributed by atoms with van der Waals surface area (Å²) in [6.45, 7) is 11.4. The van der Waals surface area contributed by atoms with E-state index in [0.29, 0.717) is 0 Å². The van der Waals surface area contributed by atoms with Crippen molar-refractivity contribution < 1.29 is 4.43 Å². The van der Waals surface area contributed by atoms with Crippen LogP contribution in [0.1, 0.15) is 31.9 Å². The topological polar surface area (TPSA) is 9.23 Å². The number of hydrogen-bond acceptors (Lipinski definition) is 1. The third-order valence-corrected chi connectivity index (χ3v) is 10.6. The highest BCUT2D eigenvalue weighted by atomic mass is 28.4. The van der Waals surface area contributed by atoms with Crippen LogP contribution in [0.25, 0.3) is 33.7 Å². The molecule has 0 saturated heterocycles. The molecule has 0 amide bonds. The molecule has 0 atom stereocenters. The van der Waals surface area contributed by atoms with E-state index < -0.39 is 8.32 Å². The maximum atomic E-state index is 6.47. The summed E-state index contributed by atoms with van der Waals surface area (Å²) in [5.74, 6) is 0.980. The van der Waals surface area contributed by atoms with Crippen LogP contribution in [0.4, 0.5) is 0 Å². The summed E-state index contributed by atoms with van der Waals surface area (Å²) in [4.78, 5) is 0. The van der Waals surface area contributed by atoms with Crippen LogP contribution in [0.15, 0.2) is 78.9 Å². The molecule has 2 heteroatoms. The minimum Gasteiger partial charge on any atom is -0.543 e. The van der Waals surface area contributed by atoms with E-state index in [9.17, 15) is 0 Å². The van der Waals surface area contributed by atoms with E-state index in [2.05, 4.69) is 125 Å². The second-order valence-electron chi connectivity index (χ2n) is 9.57. The van der Waals surface area contributed by atoms with Gasteiger partial charge in [0.05, 0.1) is 0 Å². The minimum absolute atomic E-state index is 0.194. The smallest absolute Gasteiger partial charge is 0.250 e. The monoisotopic (exact) mass is 410 g/mol. The first-order valence-electron chi connectivity index (χ1n) is 10.6. The van der Waals surface area contributed by atoms with Crippen LogP contribution in [0.2, 0.25) is 18.1 Å². The maximum absolute atomic E-state index is 6.47. The Kier molecular flexibility index (Phi) is 5.29. The molecule has 0 radical (unpaired) electrons. The Morgan fingerprint density at radius 1 is 0.633 bits per heavy atom. The molecule has 0 spiro atoms. The third-order valence-electron chi connectivity index (χ3n) is 6.26. The molecular formula is C28H30OSi. The van der Waals surface area contributed by atoms with Crippen molar-refractivity contribution in [2.75, 3.05) is 0 Å². The van der Waals surface area contributed by atoms with Crippen LogP contribution in [0.3, 0.4) is 0 Å². The fourth-order valence-corrected chi connectivity index (χ4v) is 4.38. The van der Waals surface area contributed by atoms with Crippen LogP contribution < -0.4 is 4.43 Å². The Labute approximate surface area is 181 Å². The van der Waals surface area contributed by atoms with Crippen molar-refractivity contribution in [3.63, 3.8) is 0 Å². The standard InChI is InChI=1S/C28H30OSi/c1-28(2,3)30(4,5)29-27-17-16-25-19-22(13-15-26(25)20-27)11-10-21-12-14-23-8-6-7-9-24(23)18-21/h6-20H,1-5H3/b11-10+. The van der Waals surface area contributed by atoms with Gasteiger partial charge in [0.25, 0.3) is 0 Å². The van der Waals surface area contributed by atoms with Gasteiger partial charge in [-0.2, -0.15) is 0 Å². The molecule has 0 aliphatic carbocycles. The van der Waals surface area contributed by atoms with Crippen molar-refractivity contribution in [1.82, 2.24) is 0 Å². The highest BCUT2D eigenvalue weighted by Crippen LogP contribution is 2.38. The van der Waals surface area contributed by atoms with Gasteiger partial charge in [-0.15, -0.1) is 0 Å². The summed E-state index contributed by atoms with van der Waals surface area (Å²) in [5, 5.41) is 5.19. The molecule has 4 aromatic carbocycles. The lowest BCUT2D eigenvalue weighted by atomic mass is 10.0. The van der Waals surface area contributed by atoms with E-state index >= 15 is 0 Å². The highest BCUT2D eigenvalue weighted by Gasteiger charge is 2.38. The van der Waals surface area contributed by atoms with Crippen molar-refractivity contribution >= 4 is 42.0 Å². The lowest BCUT2D eigenvalue weighted by Gasteiger charge is -2.36. The largest absolute Gasteiger partial charge is 0.543 e. The Hall–Kier alpha value is -2.84. The molecule has 4 rings (SSSR count). The molecule has 30 heavy (non-hydrogen) atoms. The van der Waals surface area contributed by atoms with Crippen molar-refractivity contribution in [1.29, 1.82) is 0 Å². The van der Waals surface area contributed by atoms with Gasteiger partial charge in [0, 0.05) is 0 Å². The predicted octanol–water partition coefficient (Wildman–Crippen LogP) is 8.55. The van der Waals surface area contributed by atoms with Gasteiger partial charge in [0.2, 0.25) is 8.32 Å². The molecule has 0 aliphatic heterocycles. The molecule has 4 aromatic rings. The summed E-state index contributed by atoms with van der Waals surface area (Å²) >= 11 is 0. The number of benzene rings is 4. The first-order chi connectivity index (χ1) is 14.2. The van der Waals surface area contributed by atoms with Crippen molar-refractivity contribution in [3.8, 4) is 5.75 Å². The van der Waals surface area contributed by atoms with Gasteiger partial charge in [0.15, 0.2) is 0 Å². The van der Waals surface area contributed by atoms with E-state index in [0.717, 1.165) is 5.75 Å². The zero-order chi connectivity index (χ0) is 21.4. The maximum Gasteiger partial charge on any atom is 0.250 e. The molecule has 0 aromatic heterocycles. The molecule has 0 fully saturated rings. The zero-order valence-corrected chi connectivity index (χ0v) is 19.6. The number of hydrogen-bond donors (Lipinski definition) is 0. The van der Waals surface area contributed by atoms with Gasteiger partial charge in [-0.1, -0.05) is 87.5 Å². The minimum atomic E-state index is -1.83. The fraction of sp³-hybridized carbons (Fsp3) is 0.214. The Morgan fingerprint density at radius 3 is 1.77 bits per heavy atom. The fourth-order valence-electron chi connectivity index (χ4n) is 3.36. The van der Waals surface area contributed by atoms with Gasteiger partial charge in [-0.25, -0.2) is 0 Å². The van der Waals surface area contributed by atoms with Crippen LogP contribution in [-0.4, -0.2) is 8.32 Å². The number of rotatable bonds is 4. The molecule has 0 bridgehead atoms. The third kappa shape index (κ3) is 4.34. The first-order valence-corrected chi connectivity index (χ1v) is 13.5. The molecule has 0 aliphatic rings. The molecule has 0 saturated carbocycles. The predicted molar refractivity (Wildman–Crippen MR) is 135 cm³/mol. The lowest BCUT2D eigenvalue weighted by molar-refractivity contribution is 0.493. The molecular weight excluding hydrogens is 380 g/mol. The quantitative estimate of drug-likeness (QED) is 0.242. The van der Waals surface area contributed by atoms with E-state index in [1.165, 1.54) is 32.7 Å². The van der Waals surface area contributed by atoms with Gasteiger partial charge in [-0.3, -0.25) is 0 Å². The van der Waals surface area contributed by atoms with Gasteiger partial charge in [0.1, 0.15) is 5.75 Å². The normalized spacial score (nSPS) is 12.7. The van der Waals surface area contributed by atoms with Crippen LogP contribution in [-0.2, 0) is 0 Å². The van der Waals surface area contributed by atoms with Gasteiger partial charge < -0.3 is 4.43 Å². The second-order valence-corrected chi connectivity index (χ2v) is 14.3. The summed E-state index contributed by atoms with van der Waals surface area (Å²) in [6.07, 6.45) is 4.37. The van der Waals surface area contributed by atoms with Crippen LogP contribution >= 0.6 is 0 Å². The average Bonchev–Trinajstić information content (AvgIpc) is 2.71. The summed E-state index contributed by atoms with van der Waals surface area (Å²) < 4.78 is 6.47. The van der Waals surface area contributed by atoms with E-state index in [1.807, 2.05) is 0 Å². The van der Waals surface area contributed by atoms with Crippen LogP contribution in [0, 0.1) is 0 Å². The first kappa shape index (κ1) is 20.4. The summed E-state index contributed by atoms with van der Waals surface area (Å²) in [5.41, 5.74) is 2.42. The van der Waals surface area contributed by atoms with Crippen LogP contribution in [0.5, 0.6) is 5.75 Å². The summed E-state index contributed by atoms with van der Waals surface area (Å²) in [7, 11) is -1.83. The van der Waals surface area contributed by atoms with Gasteiger partial charge in [-0.05, 0) is 75.1 Å². The average molecular weight is 411 g/mol. The Balaban J connectivity index is 1.56. The van der Waals surface area contributed by atoms with E-state index in [-0.39, 0.29) is 5.04 Å². The zero-order valence-electron chi connectivity index (χ0n) is 18.6. The number of fused-ring (bicyclic) bond motifs is 2. The van der Waals surface area contributed by atoms with E-state index in [1.54, 1.807) is 0 Å². The summed E-state index contributed by atoms with van der Waals surface area (Å²) in [6, 6.07) is 28.1. The second kappa shape index (κ2) is 7.77. The lowest BCUT2D eigenvalue weighted by Crippen LogP contribution is -2.43. The Morgan fingerprint density at radius 2 is 1.13 bits per heavy atom. The molecule has 0 N–H and O–H groups in total. The van der Waals surface area contributed by atoms with Crippen molar-refractivity contribution in [3.05, 3.63) is 90.0 Å².